The van der Waals surface area contributed by atoms with Crippen molar-refractivity contribution >= 4 is 35.3 Å². The van der Waals surface area contributed by atoms with Gasteiger partial charge in [-0.25, -0.2) is 5.43 Å². The number of carbonyl (C=O) groups is 2. The predicted octanol–water partition coefficient (Wildman–Crippen LogP) is 4.58. The third-order valence-corrected chi connectivity index (χ3v) is 4.81. The molecule has 3 aromatic carbocycles. The molecule has 35 heavy (non-hydrogen) atoms. The van der Waals surface area contributed by atoms with Gasteiger partial charge in [0.05, 0.1) is 13.3 Å². The van der Waals surface area contributed by atoms with Crippen LogP contribution in [0.5, 0.6) is 17.2 Å². The van der Waals surface area contributed by atoms with Gasteiger partial charge >= 0.3 is 11.8 Å². The fourth-order valence-electron chi connectivity index (χ4n) is 2.82. The van der Waals surface area contributed by atoms with Gasteiger partial charge in [-0.3, -0.25) is 9.59 Å². The summed E-state index contributed by atoms with van der Waals surface area (Å²) < 4.78 is 16.6. The van der Waals surface area contributed by atoms with Crippen molar-refractivity contribution in [3.63, 3.8) is 0 Å². The van der Waals surface area contributed by atoms with E-state index in [2.05, 4.69) is 22.4 Å². The minimum Gasteiger partial charge on any atom is -0.493 e. The summed E-state index contributed by atoms with van der Waals surface area (Å²) in [5.41, 5.74) is 4.23. The van der Waals surface area contributed by atoms with Crippen LogP contribution in [0, 0.1) is 0 Å². The van der Waals surface area contributed by atoms with Crippen molar-refractivity contribution in [3.8, 4) is 17.2 Å². The lowest BCUT2D eigenvalue weighted by molar-refractivity contribution is -0.136. The minimum atomic E-state index is -0.914. The van der Waals surface area contributed by atoms with Gasteiger partial charge in [-0.05, 0) is 65.7 Å². The van der Waals surface area contributed by atoms with Gasteiger partial charge in [0.1, 0.15) is 19.0 Å². The molecular weight excluding hydrogens is 470 g/mol. The smallest absolute Gasteiger partial charge is 0.329 e. The number of anilines is 1. The Kier molecular flexibility index (Phi) is 9.27. The van der Waals surface area contributed by atoms with Crippen LogP contribution in [-0.4, -0.2) is 31.7 Å². The molecule has 180 valence electrons. The third kappa shape index (κ3) is 7.90. The average Bonchev–Trinajstić information content (AvgIpc) is 2.88. The maximum atomic E-state index is 12.1. The molecule has 8 nitrogen and oxygen atoms in total. The molecule has 0 aliphatic heterocycles. The molecule has 9 heteroatoms. The molecule has 0 saturated carbocycles. The summed E-state index contributed by atoms with van der Waals surface area (Å²) in [6, 6.07) is 19.1. The van der Waals surface area contributed by atoms with Gasteiger partial charge in [0.2, 0.25) is 0 Å². The Morgan fingerprint density at radius 1 is 0.971 bits per heavy atom. The summed E-state index contributed by atoms with van der Waals surface area (Å²) in [7, 11) is 1.52. The van der Waals surface area contributed by atoms with Crippen LogP contribution in [0.2, 0.25) is 5.02 Å². The topological polar surface area (TPSA) is 98.2 Å². The number of halogens is 1. The summed E-state index contributed by atoms with van der Waals surface area (Å²) in [5.74, 6) is -0.112. The molecule has 3 rings (SSSR count). The van der Waals surface area contributed by atoms with Crippen molar-refractivity contribution < 1.29 is 23.8 Å². The van der Waals surface area contributed by atoms with Gasteiger partial charge in [-0.2, -0.15) is 5.10 Å². The van der Waals surface area contributed by atoms with Crippen molar-refractivity contribution in [3.05, 3.63) is 95.5 Å². The normalized spacial score (nSPS) is 10.5. The molecule has 0 aliphatic carbocycles. The quantitative estimate of drug-likeness (QED) is 0.186. The number of carbonyl (C=O) groups excluding carboxylic acids is 2. The highest BCUT2D eigenvalue weighted by Crippen LogP contribution is 2.28. The molecule has 0 fully saturated rings. The van der Waals surface area contributed by atoms with E-state index >= 15 is 0 Å². The number of amides is 2. The molecule has 0 spiro atoms. The van der Waals surface area contributed by atoms with Crippen molar-refractivity contribution in [1.82, 2.24) is 5.43 Å². The zero-order valence-corrected chi connectivity index (χ0v) is 19.7. The van der Waals surface area contributed by atoms with Gasteiger partial charge < -0.3 is 19.5 Å². The highest BCUT2D eigenvalue weighted by molar-refractivity contribution is 6.39. The summed E-state index contributed by atoms with van der Waals surface area (Å²) >= 11 is 5.90. The van der Waals surface area contributed by atoms with Gasteiger partial charge in [0.25, 0.3) is 0 Å². The molecule has 0 aromatic heterocycles. The number of nitrogens with one attached hydrogen (secondary N) is 2. The molecule has 0 aliphatic rings. The van der Waals surface area contributed by atoms with Gasteiger partial charge in [0.15, 0.2) is 11.5 Å². The lowest BCUT2D eigenvalue weighted by Crippen LogP contribution is -2.32. The Balaban J connectivity index is 1.52. The monoisotopic (exact) mass is 493 g/mol. The van der Waals surface area contributed by atoms with E-state index < -0.39 is 11.8 Å². The first-order valence-electron chi connectivity index (χ1n) is 10.5. The zero-order chi connectivity index (χ0) is 25.0. The van der Waals surface area contributed by atoms with Crippen LogP contribution in [0.25, 0.3) is 0 Å². The first-order valence-corrected chi connectivity index (χ1v) is 10.9. The fourth-order valence-corrected chi connectivity index (χ4v) is 2.95. The second-order valence-electron chi connectivity index (χ2n) is 7.10. The molecule has 2 N–H and O–H groups in total. The molecule has 0 unspecified atom stereocenters. The van der Waals surface area contributed by atoms with Crippen LogP contribution < -0.4 is 25.0 Å². The van der Waals surface area contributed by atoms with E-state index in [9.17, 15) is 9.59 Å². The van der Waals surface area contributed by atoms with Crippen molar-refractivity contribution in [1.29, 1.82) is 0 Å². The Labute approximate surface area is 208 Å². The molecule has 2 amide bonds. The molecule has 0 heterocycles. The van der Waals surface area contributed by atoms with Crippen LogP contribution in [0.3, 0.4) is 0 Å². The number of methoxy groups -OCH3 is 1. The summed E-state index contributed by atoms with van der Waals surface area (Å²) in [6.45, 7) is 4.29. The summed E-state index contributed by atoms with van der Waals surface area (Å²) in [5, 5.41) is 6.98. The second kappa shape index (κ2) is 12.8. The first-order chi connectivity index (χ1) is 17.0. The van der Waals surface area contributed by atoms with E-state index in [0.29, 0.717) is 46.7 Å². The number of nitrogens with zero attached hydrogens (tertiary/aromatic N) is 1. The lowest BCUT2D eigenvalue weighted by atomic mass is 10.2. The van der Waals surface area contributed by atoms with Crippen LogP contribution in [0.1, 0.15) is 11.1 Å². The number of hydrazone groups is 1. The van der Waals surface area contributed by atoms with E-state index in [1.54, 1.807) is 60.7 Å². The van der Waals surface area contributed by atoms with Gasteiger partial charge in [-0.15, -0.1) is 0 Å². The SMILES string of the molecule is C=CCOc1ccc(NC(=O)C(=O)N/N=C\c2ccc(OCc3ccc(Cl)cc3)c(OC)c2)cc1. The Morgan fingerprint density at radius 2 is 1.71 bits per heavy atom. The molecule has 0 saturated heterocycles. The highest BCUT2D eigenvalue weighted by atomic mass is 35.5. The number of hydrogen-bond donors (Lipinski definition) is 2. The molecular formula is C26H24ClN3O5. The minimum absolute atomic E-state index is 0.344. The van der Waals surface area contributed by atoms with E-state index in [4.69, 9.17) is 25.8 Å². The standard InChI is InChI=1S/C26H24ClN3O5/c1-3-14-34-22-11-9-21(10-12-22)29-25(31)26(32)30-28-16-19-6-13-23(24(15-19)33-2)35-17-18-4-7-20(27)8-5-18/h3-13,15-16H,1,14,17H2,2H3,(H,29,31)(H,30,32)/b28-16-. The van der Waals surface area contributed by atoms with E-state index in [0.717, 1.165) is 5.56 Å². The van der Waals surface area contributed by atoms with Crippen LogP contribution in [-0.2, 0) is 16.2 Å². The molecule has 0 bridgehead atoms. The Hall–Kier alpha value is -4.30. The summed E-state index contributed by atoms with van der Waals surface area (Å²) in [4.78, 5) is 24.1. The number of rotatable bonds is 10. The van der Waals surface area contributed by atoms with Crippen LogP contribution >= 0.6 is 11.6 Å². The van der Waals surface area contributed by atoms with E-state index in [-0.39, 0.29) is 0 Å². The maximum Gasteiger partial charge on any atom is 0.329 e. The Bertz CT molecular complexity index is 1190. The molecule has 0 atom stereocenters. The first kappa shape index (κ1) is 25.3. The second-order valence-corrected chi connectivity index (χ2v) is 7.54. The fraction of sp³-hybridized carbons (Fsp3) is 0.115. The molecule has 3 aromatic rings. The largest absolute Gasteiger partial charge is 0.493 e. The zero-order valence-electron chi connectivity index (χ0n) is 19.0. The van der Waals surface area contributed by atoms with Crippen molar-refractivity contribution in [2.24, 2.45) is 5.10 Å². The van der Waals surface area contributed by atoms with Gasteiger partial charge in [-0.1, -0.05) is 36.4 Å². The average molecular weight is 494 g/mol. The van der Waals surface area contributed by atoms with Crippen molar-refractivity contribution in [2.45, 2.75) is 6.61 Å². The third-order valence-electron chi connectivity index (χ3n) is 4.56. The lowest BCUT2D eigenvalue weighted by Gasteiger charge is -2.11. The summed E-state index contributed by atoms with van der Waals surface area (Å²) in [6.07, 6.45) is 3.02. The maximum absolute atomic E-state index is 12.1. The Morgan fingerprint density at radius 3 is 2.40 bits per heavy atom. The van der Waals surface area contributed by atoms with Crippen molar-refractivity contribution in [2.75, 3.05) is 19.0 Å². The van der Waals surface area contributed by atoms with Crippen LogP contribution in [0.4, 0.5) is 5.69 Å². The van der Waals surface area contributed by atoms with Crippen LogP contribution in [0.15, 0.2) is 84.5 Å². The van der Waals surface area contributed by atoms with E-state index in [1.165, 1.54) is 13.3 Å². The van der Waals surface area contributed by atoms with Gasteiger partial charge in [0, 0.05) is 10.7 Å². The number of ether oxygens (including phenoxy) is 3. The van der Waals surface area contributed by atoms with E-state index in [1.807, 2.05) is 12.1 Å². The predicted molar refractivity (Wildman–Crippen MR) is 135 cm³/mol. The number of hydrogen-bond acceptors (Lipinski definition) is 6. The highest BCUT2D eigenvalue weighted by Gasteiger charge is 2.13. The molecule has 0 radical (unpaired) electrons. The number of benzene rings is 3.